The van der Waals surface area contributed by atoms with Gasteiger partial charge in [-0.3, -0.25) is 4.68 Å². The topological polar surface area (TPSA) is 29.9 Å². The Morgan fingerprint density at radius 2 is 1.73 bits per heavy atom. The summed E-state index contributed by atoms with van der Waals surface area (Å²) in [4.78, 5) is 0. The molecule has 0 bridgehead atoms. The fraction of sp³-hybridized carbons (Fsp3) is 0.318. The normalized spacial score (nSPS) is 12.3. The molecule has 1 heterocycles. The van der Waals surface area contributed by atoms with Crippen LogP contribution >= 0.6 is 11.6 Å². The summed E-state index contributed by atoms with van der Waals surface area (Å²) < 4.78 is 2.09. The highest BCUT2D eigenvalue weighted by Crippen LogP contribution is 2.23. The zero-order valence-electron chi connectivity index (χ0n) is 15.9. The van der Waals surface area contributed by atoms with Crippen LogP contribution in [0.4, 0.5) is 0 Å². The maximum absolute atomic E-state index is 6.31. The van der Waals surface area contributed by atoms with Gasteiger partial charge in [0.15, 0.2) is 0 Å². The van der Waals surface area contributed by atoms with Crippen molar-refractivity contribution in [3.05, 3.63) is 87.2 Å². The van der Waals surface area contributed by atoms with Gasteiger partial charge in [0.1, 0.15) is 0 Å². The second-order valence-corrected chi connectivity index (χ2v) is 7.32. The third kappa shape index (κ3) is 4.17. The largest absolute Gasteiger partial charge is 0.306 e. The average Bonchev–Trinajstić information content (AvgIpc) is 2.88. The third-order valence-corrected chi connectivity index (χ3v) is 5.29. The minimum atomic E-state index is 0.183. The number of halogens is 1. The zero-order valence-corrected chi connectivity index (χ0v) is 16.6. The second-order valence-electron chi connectivity index (χ2n) is 6.92. The summed E-state index contributed by atoms with van der Waals surface area (Å²) in [7, 11) is 0. The molecule has 0 fully saturated rings. The first kappa shape index (κ1) is 18.7. The Labute approximate surface area is 161 Å². The summed E-state index contributed by atoms with van der Waals surface area (Å²) >= 11 is 6.31. The molecule has 0 saturated carbocycles. The molecule has 0 aliphatic heterocycles. The first-order chi connectivity index (χ1) is 12.5. The predicted octanol–water partition coefficient (Wildman–Crippen LogP) is 5.36. The Balaban J connectivity index is 1.72. The Bertz CT molecular complexity index is 881. The lowest BCUT2D eigenvalue weighted by molar-refractivity contribution is 0.571. The monoisotopic (exact) mass is 367 g/mol. The van der Waals surface area contributed by atoms with E-state index in [0.29, 0.717) is 0 Å². The van der Waals surface area contributed by atoms with Crippen LogP contribution in [0, 0.1) is 20.8 Å². The van der Waals surface area contributed by atoms with Crippen molar-refractivity contribution in [2.45, 2.75) is 46.8 Å². The summed E-state index contributed by atoms with van der Waals surface area (Å²) in [5, 5.41) is 9.13. The summed E-state index contributed by atoms with van der Waals surface area (Å²) in [5.41, 5.74) is 7.22. The van der Waals surface area contributed by atoms with Crippen LogP contribution in [0.3, 0.4) is 0 Å². The zero-order chi connectivity index (χ0) is 18.7. The fourth-order valence-electron chi connectivity index (χ4n) is 3.20. The molecule has 3 rings (SSSR count). The molecule has 0 radical (unpaired) electrons. The average molecular weight is 368 g/mol. The molecule has 0 saturated heterocycles. The van der Waals surface area contributed by atoms with Crippen molar-refractivity contribution in [2.24, 2.45) is 0 Å². The van der Waals surface area contributed by atoms with Crippen LogP contribution in [0.1, 0.15) is 46.6 Å². The third-order valence-electron chi connectivity index (χ3n) is 4.94. The maximum atomic E-state index is 6.31. The van der Waals surface area contributed by atoms with E-state index in [2.05, 4.69) is 68.0 Å². The number of hydrogen-bond acceptors (Lipinski definition) is 2. The van der Waals surface area contributed by atoms with E-state index in [9.17, 15) is 0 Å². The van der Waals surface area contributed by atoms with Crippen molar-refractivity contribution in [3.63, 3.8) is 0 Å². The van der Waals surface area contributed by atoms with Crippen LogP contribution in [-0.4, -0.2) is 9.78 Å². The number of hydrogen-bond donors (Lipinski definition) is 1. The summed E-state index contributed by atoms with van der Waals surface area (Å²) in [5.74, 6) is 0. The predicted molar refractivity (Wildman–Crippen MR) is 109 cm³/mol. The molecule has 0 unspecified atom stereocenters. The molecule has 3 nitrogen and oxygen atoms in total. The highest BCUT2D eigenvalue weighted by Gasteiger charge is 2.14. The van der Waals surface area contributed by atoms with Gasteiger partial charge < -0.3 is 5.32 Å². The van der Waals surface area contributed by atoms with E-state index in [1.807, 2.05) is 18.2 Å². The van der Waals surface area contributed by atoms with Crippen LogP contribution < -0.4 is 5.32 Å². The van der Waals surface area contributed by atoms with Gasteiger partial charge >= 0.3 is 0 Å². The number of rotatable bonds is 6. The van der Waals surface area contributed by atoms with Crippen molar-refractivity contribution in [3.8, 4) is 0 Å². The molecule has 0 aliphatic carbocycles. The van der Waals surface area contributed by atoms with Crippen molar-refractivity contribution in [1.82, 2.24) is 15.1 Å². The minimum absolute atomic E-state index is 0.183. The lowest BCUT2D eigenvalue weighted by Crippen LogP contribution is -2.19. The molecule has 2 aromatic carbocycles. The van der Waals surface area contributed by atoms with Gasteiger partial charge in [-0.15, -0.1) is 0 Å². The summed E-state index contributed by atoms with van der Waals surface area (Å²) in [6.45, 7) is 10.0. The van der Waals surface area contributed by atoms with E-state index < -0.39 is 0 Å². The van der Waals surface area contributed by atoms with Crippen molar-refractivity contribution >= 4 is 11.6 Å². The van der Waals surface area contributed by atoms with Gasteiger partial charge in [-0.1, -0.05) is 59.6 Å². The van der Waals surface area contributed by atoms with Crippen LogP contribution in [0.15, 0.2) is 48.5 Å². The number of benzene rings is 2. The summed E-state index contributed by atoms with van der Waals surface area (Å²) in [6, 6.07) is 16.8. The van der Waals surface area contributed by atoms with Gasteiger partial charge in [0.25, 0.3) is 0 Å². The number of aromatic nitrogens is 2. The molecule has 3 aromatic rings. The fourth-order valence-corrected chi connectivity index (χ4v) is 3.50. The molecule has 1 N–H and O–H groups in total. The molecule has 0 spiro atoms. The Morgan fingerprint density at radius 1 is 1.04 bits per heavy atom. The Hall–Kier alpha value is -2.10. The number of nitrogens with zero attached hydrogens (tertiary/aromatic N) is 2. The first-order valence-corrected chi connectivity index (χ1v) is 9.39. The van der Waals surface area contributed by atoms with E-state index in [0.717, 1.165) is 29.4 Å². The van der Waals surface area contributed by atoms with Crippen LogP contribution in [0.2, 0.25) is 5.02 Å². The van der Waals surface area contributed by atoms with Crippen LogP contribution in [0.25, 0.3) is 0 Å². The second kappa shape index (κ2) is 8.07. The van der Waals surface area contributed by atoms with Gasteiger partial charge in [-0.25, -0.2) is 0 Å². The maximum Gasteiger partial charge on any atom is 0.0662 e. The lowest BCUT2D eigenvalue weighted by atomic mass is 10.1. The van der Waals surface area contributed by atoms with E-state index in [4.69, 9.17) is 16.7 Å². The smallest absolute Gasteiger partial charge is 0.0662 e. The number of nitrogens with one attached hydrogen (secondary N) is 1. The SMILES string of the molecule is Cc1ccc(Cn2nc(C)c(CN[C@H](C)c3ccccc3Cl)c2C)cc1. The minimum Gasteiger partial charge on any atom is -0.306 e. The molecule has 4 heteroatoms. The Kier molecular flexibility index (Phi) is 5.80. The van der Waals surface area contributed by atoms with E-state index >= 15 is 0 Å². The van der Waals surface area contributed by atoms with Gasteiger partial charge in [0, 0.05) is 28.9 Å². The molecule has 26 heavy (non-hydrogen) atoms. The van der Waals surface area contributed by atoms with Crippen molar-refractivity contribution < 1.29 is 0 Å². The van der Waals surface area contributed by atoms with Crippen molar-refractivity contribution in [2.75, 3.05) is 0 Å². The number of aryl methyl sites for hydroxylation is 2. The highest BCUT2D eigenvalue weighted by molar-refractivity contribution is 6.31. The van der Waals surface area contributed by atoms with Crippen LogP contribution in [0.5, 0.6) is 0 Å². The first-order valence-electron chi connectivity index (χ1n) is 9.02. The molecule has 0 aliphatic rings. The molecule has 1 aromatic heterocycles. The van der Waals surface area contributed by atoms with Gasteiger partial charge in [-0.2, -0.15) is 5.10 Å². The van der Waals surface area contributed by atoms with Crippen molar-refractivity contribution in [1.29, 1.82) is 0 Å². The molecular formula is C22H26ClN3. The molecule has 136 valence electrons. The van der Waals surface area contributed by atoms with Crippen LogP contribution in [-0.2, 0) is 13.1 Å². The van der Waals surface area contributed by atoms with Gasteiger partial charge in [0.2, 0.25) is 0 Å². The Morgan fingerprint density at radius 3 is 2.42 bits per heavy atom. The van der Waals surface area contributed by atoms with Gasteiger partial charge in [0.05, 0.1) is 12.2 Å². The van der Waals surface area contributed by atoms with Gasteiger partial charge in [-0.05, 0) is 44.9 Å². The lowest BCUT2D eigenvalue weighted by Gasteiger charge is -2.16. The van der Waals surface area contributed by atoms with E-state index in [1.165, 1.54) is 22.4 Å². The highest BCUT2D eigenvalue weighted by atomic mass is 35.5. The molecule has 1 atom stereocenters. The quantitative estimate of drug-likeness (QED) is 0.635. The van der Waals surface area contributed by atoms with E-state index in [-0.39, 0.29) is 6.04 Å². The molecule has 0 amide bonds. The molecular weight excluding hydrogens is 342 g/mol. The summed E-state index contributed by atoms with van der Waals surface area (Å²) in [6.07, 6.45) is 0. The standard InChI is InChI=1S/C22H26ClN3/c1-15-9-11-19(12-10-15)14-26-18(4)21(17(3)25-26)13-24-16(2)20-7-5-6-8-22(20)23/h5-12,16,24H,13-14H2,1-4H3/t16-/m1/s1. The van der Waals surface area contributed by atoms with E-state index in [1.54, 1.807) is 0 Å².